The van der Waals surface area contributed by atoms with Gasteiger partial charge in [0.05, 0.1) is 11.3 Å². The topological polar surface area (TPSA) is 102 Å². The van der Waals surface area contributed by atoms with Gasteiger partial charge in [-0.3, -0.25) is 9.36 Å². The Balaban J connectivity index is 1.98. The predicted molar refractivity (Wildman–Crippen MR) is 108 cm³/mol. The fourth-order valence-electron chi connectivity index (χ4n) is 3.15. The lowest BCUT2D eigenvalue weighted by molar-refractivity contribution is -0.140. The largest absolute Gasteiger partial charge is 0.480 e. The Morgan fingerprint density at radius 3 is 2.61 bits per heavy atom. The molecular formula is C18H14ClN5O3S. The van der Waals surface area contributed by atoms with Crippen LogP contribution in [0.4, 0.5) is 0 Å². The molecule has 0 aliphatic carbocycles. The number of hydrogen-bond donors (Lipinski definition) is 2. The number of carboxylic acids is 1. The number of halogens is 1. The lowest BCUT2D eigenvalue weighted by Gasteiger charge is -2.13. The van der Waals surface area contributed by atoms with Gasteiger partial charge in [-0.15, -0.1) is 10.2 Å². The minimum Gasteiger partial charge on any atom is -0.480 e. The maximum atomic E-state index is 12.8. The van der Waals surface area contributed by atoms with Crippen molar-refractivity contribution in [1.29, 1.82) is 0 Å². The Labute approximate surface area is 168 Å². The Morgan fingerprint density at radius 1 is 1.25 bits per heavy atom. The van der Waals surface area contributed by atoms with Crippen molar-refractivity contribution in [3.8, 4) is 11.1 Å². The van der Waals surface area contributed by atoms with Crippen molar-refractivity contribution in [2.75, 3.05) is 5.75 Å². The van der Waals surface area contributed by atoms with Gasteiger partial charge in [-0.25, -0.2) is 9.31 Å². The summed E-state index contributed by atoms with van der Waals surface area (Å²) < 4.78 is 2.64. The van der Waals surface area contributed by atoms with E-state index in [-0.39, 0.29) is 11.3 Å². The molecule has 10 heteroatoms. The van der Waals surface area contributed by atoms with Crippen molar-refractivity contribution in [2.45, 2.75) is 13.0 Å². The SMILES string of the molecule is Cc1nn2c(nnc3c(=O)n([C@@H](CS)C(=O)O)ccc32)c1-c1ccc(Cl)cc1. The van der Waals surface area contributed by atoms with E-state index in [1.807, 2.05) is 19.1 Å². The van der Waals surface area contributed by atoms with Crippen LogP contribution in [-0.2, 0) is 4.79 Å². The van der Waals surface area contributed by atoms with Crippen molar-refractivity contribution in [3.05, 3.63) is 57.6 Å². The first-order chi connectivity index (χ1) is 13.4. The highest BCUT2D eigenvalue weighted by molar-refractivity contribution is 7.80. The fraction of sp³-hybridized carbons (Fsp3) is 0.167. The summed E-state index contributed by atoms with van der Waals surface area (Å²) in [5.74, 6) is -1.18. The van der Waals surface area contributed by atoms with Crippen LogP contribution in [0.2, 0.25) is 5.02 Å². The van der Waals surface area contributed by atoms with Crippen molar-refractivity contribution < 1.29 is 9.90 Å². The van der Waals surface area contributed by atoms with Gasteiger partial charge < -0.3 is 5.11 Å². The fourth-order valence-corrected chi connectivity index (χ4v) is 3.61. The number of hydrogen-bond acceptors (Lipinski definition) is 6. The van der Waals surface area contributed by atoms with E-state index >= 15 is 0 Å². The lowest BCUT2D eigenvalue weighted by Crippen LogP contribution is -2.31. The van der Waals surface area contributed by atoms with Crippen LogP contribution in [0.15, 0.2) is 41.3 Å². The van der Waals surface area contributed by atoms with Gasteiger partial charge in [0, 0.05) is 17.0 Å². The summed E-state index contributed by atoms with van der Waals surface area (Å²) in [6.45, 7) is 1.84. The van der Waals surface area contributed by atoms with Crippen LogP contribution in [0, 0.1) is 6.92 Å². The van der Waals surface area contributed by atoms with Crippen LogP contribution in [0.1, 0.15) is 11.7 Å². The second-order valence-corrected chi connectivity index (χ2v) is 7.00. The number of rotatable bonds is 4. The van der Waals surface area contributed by atoms with Crippen LogP contribution in [0.3, 0.4) is 0 Å². The van der Waals surface area contributed by atoms with Gasteiger partial charge in [-0.05, 0) is 30.7 Å². The molecule has 0 unspecified atom stereocenters. The van der Waals surface area contributed by atoms with Gasteiger partial charge in [0.25, 0.3) is 5.56 Å². The van der Waals surface area contributed by atoms with Crippen molar-refractivity contribution in [2.24, 2.45) is 0 Å². The van der Waals surface area contributed by atoms with E-state index in [1.165, 1.54) is 6.20 Å². The maximum absolute atomic E-state index is 12.8. The van der Waals surface area contributed by atoms with Crippen molar-refractivity contribution >= 4 is 46.9 Å². The standard InChI is InChI=1S/C18H14ClN5O3S/c1-9-14(10-2-4-11(19)5-3-10)16-21-20-15-12(24(16)22-9)6-7-23(17(15)25)13(8-28)18(26)27/h2-7,13,28H,8H2,1H3,(H,26,27)/t13-/m0/s1. The highest BCUT2D eigenvalue weighted by Gasteiger charge is 2.22. The number of pyridine rings is 1. The zero-order valence-electron chi connectivity index (χ0n) is 14.6. The van der Waals surface area contributed by atoms with Crippen molar-refractivity contribution in [3.63, 3.8) is 0 Å². The first kappa shape index (κ1) is 18.5. The molecule has 0 fully saturated rings. The maximum Gasteiger partial charge on any atom is 0.327 e. The van der Waals surface area contributed by atoms with Crippen molar-refractivity contribution in [1.82, 2.24) is 24.4 Å². The summed E-state index contributed by atoms with van der Waals surface area (Å²) in [5.41, 5.74) is 2.79. The molecule has 0 aliphatic heterocycles. The quantitative estimate of drug-likeness (QED) is 0.497. The van der Waals surface area contributed by atoms with Gasteiger partial charge in [-0.1, -0.05) is 23.7 Å². The lowest BCUT2D eigenvalue weighted by atomic mass is 10.1. The molecule has 1 aromatic carbocycles. The molecule has 0 saturated heterocycles. The first-order valence-corrected chi connectivity index (χ1v) is 9.30. The van der Waals surface area contributed by atoms with E-state index in [9.17, 15) is 14.7 Å². The van der Waals surface area contributed by atoms with Crippen LogP contribution in [-0.4, -0.2) is 41.2 Å². The van der Waals surface area contributed by atoms with Crippen LogP contribution in [0.25, 0.3) is 27.8 Å². The number of nitrogens with zero attached hydrogens (tertiary/aromatic N) is 5. The molecule has 142 valence electrons. The summed E-state index contributed by atoms with van der Waals surface area (Å²) in [7, 11) is 0. The average Bonchev–Trinajstić information content (AvgIpc) is 3.01. The van der Waals surface area contributed by atoms with Gasteiger partial charge in [0.2, 0.25) is 0 Å². The highest BCUT2D eigenvalue weighted by atomic mass is 35.5. The third-order valence-corrected chi connectivity index (χ3v) is 5.11. The summed E-state index contributed by atoms with van der Waals surface area (Å²) in [6, 6.07) is 7.78. The molecule has 0 saturated carbocycles. The van der Waals surface area contributed by atoms with E-state index < -0.39 is 17.6 Å². The van der Waals surface area contributed by atoms with Crippen LogP contribution in [0.5, 0.6) is 0 Å². The Kier molecular flexibility index (Phi) is 4.56. The molecule has 1 N–H and O–H groups in total. The summed E-state index contributed by atoms with van der Waals surface area (Å²) in [4.78, 5) is 24.2. The average molecular weight is 416 g/mol. The van der Waals surface area contributed by atoms with Crippen LogP contribution < -0.4 is 5.56 Å². The molecule has 4 aromatic rings. The molecule has 3 heterocycles. The molecule has 0 amide bonds. The molecule has 8 nitrogen and oxygen atoms in total. The number of aryl methyl sites for hydroxylation is 1. The summed E-state index contributed by atoms with van der Waals surface area (Å²) in [5, 5.41) is 22.7. The second kappa shape index (κ2) is 6.92. The van der Waals surface area contributed by atoms with E-state index in [0.29, 0.717) is 21.9 Å². The molecule has 0 aliphatic rings. The molecule has 3 aromatic heterocycles. The van der Waals surface area contributed by atoms with Gasteiger partial charge in [-0.2, -0.15) is 17.7 Å². The number of fused-ring (bicyclic) bond motifs is 3. The molecule has 1 atom stereocenters. The number of carbonyl (C=O) groups is 1. The molecule has 28 heavy (non-hydrogen) atoms. The van der Waals surface area contributed by atoms with Gasteiger partial charge in [0.1, 0.15) is 11.6 Å². The molecule has 0 spiro atoms. The van der Waals surface area contributed by atoms with E-state index in [1.54, 1.807) is 22.7 Å². The number of benzene rings is 1. The number of carboxylic acid groups (broad SMARTS) is 1. The second-order valence-electron chi connectivity index (χ2n) is 6.20. The summed E-state index contributed by atoms with van der Waals surface area (Å²) in [6.07, 6.45) is 1.42. The normalized spacial score (nSPS) is 12.5. The van der Waals surface area contributed by atoms with E-state index in [4.69, 9.17) is 11.6 Å². The van der Waals surface area contributed by atoms with Gasteiger partial charge in [0.15, 0.2) is 11.2 Å². The molecular weight excluding hydrogens is 402 g/mol. The minimum absolute atomic E-state index is 0.0297. The predicted octanol–water partition coefficient (Wildman–Crippen LogP) is 2.62. The first-order valence-electron chi connectivity index (χ1n) is 8.29. The zero-order valence-corrected chi connectivity index (χ0v) is 16.2. The monoisotopic (exact) mass is 415 g/mol. The Bertz CT molecular complexity index is 1280. The minimum atomic E-state index is -1.15. The summed E-state index contributed by atoms with van der Waals surface area (Å²) >= 11 is 10.00. The number of aliphatic carboxylic acids is 1. The third kappa shape index (κ3) is 2.83. The number of thiol groups is 1. The zero-order chi connectivity index (χ0) is 20.0. The Hall–Kier alpha value is -2.91. The Morgan fingerprint density at radius 2 is 1.96 bits per heavy atom. The van der Waals surface area contributed by atoms with Gasteiger partial charge >= 0.3 is 5.97 Å². The smallest absolute Gasteiger partial charge is 0.327 e. The molecule has 4 rings (SSSR count). The third-order valence-electron chi connectivity index (χ3n) is 4.51. The van der Waals surface area contributed by atoms with E-state index in [2.05, 4.69) is 27.9 Å². The number of aromatic nitrogens is 5. The molecule has 0 bridgehead atoms. The van der Waals surface area contributed by atoms with Crippen LogP contribution >= 0.6 is 24.2 Å². The molecule has 0 radical (unpaired) electrons. The highest BCUT2D eigenvalue weighted by Crippen LogP contribution is 2.29. The van der Waals surface area contributed by atoms with E-state index in [0.717, 1.165) is 15.7 Å².